The standard InChI is InChI=1S/C14H19N4O7P/c1-8-13(19)11(9(3-16-8)6-25-26(22,23)24)5-17-12(14(20)21)2-10-4-15-7-18-10/h3-4,7,12,17,19H,2,5-6H2,1H3,(H,15,18)(H,20,21)(H2,22,23,24)/t12-/m0/s1. The summed E-state index contributed by atoms with van der Waals surface area (Å²) >= 11 is 0. The average Bonchev–Trinajstić information content (AvgIpc) is 3.05. The molecule has 0 aliphatic rings. The van der Waals surface area contributed by atoms with Crippen molar-refractivity contribution in [1.82, 2.24) is 20.3 Å². The zero-order valence-electron chi connectivity index (χ0n) is 13.8. The van der Waals surface area contributed by atoms with Crippen molar-refractivity contribution in [2.45, 2.75) is 32.5 Å². The van der Waals surface area contributed by atoms with Gasteiger partial charge in [0.2, 0.25) is 0 Å². The molecule has 2 aromatic rings. The van der Waals surface area contributed by atoms with Crippen LogP contribution in [0, 0.1) is 6.92 Å². The van der Waals surface area contributed by atoms with Gasteiger partial charge in [0.25, 0.3) is 0 Å². The molecule has 0 aliphatic carbocycles. The van der Waals surface area contributed by atoms with Gasteiger partial charge in [-0.2, -0.15) is 0 Å². The highest BCUT2D eigenvalue weighted by molar-refractivity contribution is 7.46. The van der Waals surface area contributed by atoms with Crippen LogP contribution in [0.2, 0.25) is 0 Å². The van der Waals surface area contributed by atoms with Crippen LogP contribution < -0.4 is 5.32 Å². The highest BCUT2D eigenvalue weighted by Crippen LogP contribution is 2.38. The lowest BCUT2D eigenvalue weighted by Crippen LogP contribution is -2.38. The van der Waals surface area contributed by atoms with Gasteiger partial charge in [-0.15, -0.1) is 0 Å². The van der Waals surface area contributed by atoms with Crippen LogP contribution in [0.4, 0.5) is 0 Å². The number of phosphoric ester groups is 1. The molecule has 12 heteroatoms. The molecular formula is C14H19N4O7P. The van der Waals surface area contributed by atoms with E-state index in [0.717, 1.165) is 0 Å². The first-order valence-electron chi connectivity index (χ1n) is 7.47. The fourth-order valence-corrected chi connectivity index (χ4v) is 2.56. The SMILES string of the molecule is Cc1ncc(COP(=O)(O)O)c(CN[C@@H](Cc2cnc[nH]2)C(=O)O)c1O. The maximum Gasteiger partial charge on any atom is 0.469 e. The van der Waals surface area contributed by atoms with E-state index in [1.165, 1.54) is 18.7 Å². The van der Waals surface area contributed by atoms with E-state index in [2.05, 4.69) is 24.8 Å². The Morgan fingerprint density at radius 3 is 2.73 bits per heavy atom. The molecule has 0 spiro atoms. The molecule has 0 aliphatic heterocycles. The van der Waals surface area contributed by atoms with Crippen molar-refractivity contribution >= 4 is 13.8 Å². The molecule has 26 heavy (non-hydrogen) atoms. The molecule has 142 valence electrons. The van der Waals surface area contributed by atoms with Crippen LogP contribution in [-0.4, -0.2) is 47.0 Å². The summed E-state index contributed by atoms with van der Waals surface area (Å²) in [5.74, 6) is -1.30. The Kier molecular flexibility index (Phi) is 6.46. The maximum atomic E-state index is 11.4. The van der Waals surface area contributed by atoms with Crippen LogP contribution in [0.1, 0.15) is 22.5 Å². The number of carboxylic acid groups (broad SMARTS) is 1. The van der Waals surface area contributed by atoms with E-state index in [9.17, 15) is 19.6 Å². The van der Waals surface area contributed by atoms with Crippen molar-refractivity contribution < 1.29 is 33.9 Å². The second-order valence-electron chi connectivity index (χ2n) is 5.51. The van der Waals surface area contributed by atoms with E-state index in [0.29, 0.717) is 11.4 Å². The topological polar surface area (TPSA) is 178 Å². The number of carbonyl (C=O) groups is 1. The van der Waals surface area contributed by atoms with E-state index in [1.807, 2.05) is 0 Å². The summed E-state index contributed by atoms with van der Waals surface area (Å²) < 4.78 is 15.3. The van der Waals surface area contributed by atoms with Crippen molar-refractivity contribution in [2.75, 3.05) is 0 Å². The van der Waals surface area contributed by atoms with Gasteiger partial charge >= 0.3 is 13.8 Å². The number of aromatic hydroxyl groups is 1. The molecular weight excluding hydrogens is 367 g/mol. The average molecular weight is 386 g/mol. The first-order valence-corrected chi connectivity index (χ1v) is 9.00. The molecule has 0 saturated heterocycles. The van der Waals surface area contributed by atoms with Gasteiger partial charge in [-0.25, -0.2) is 9.55 Å². The van der Waals surface area contributed by atoms with Gasteiger partial charge in [0, 0.05) is 42.2 Å². The van der Waals surface area contributed by atoms with Gasteiger partial charge in [-0.3, -0.25) is 19.6 Å². The number of aliphatic carboxylic acids is 1. The summed E-state index contributed by atoms with van der Waals surface area (Å²) in [5, 5.41) is 22.3. The fraction of sp³-hybridized carbons (Fsp3) is 0.357. The molecule has 0 amide bonds. The summed E-state index contributed by atoms with van der Waals surface area (Å²) in [6.07, 6.45) is 4.38. The minimum Gasteiger partial charge on any atom is -0.506 e. The lowest BCUT2D eigenvalue weighted by molar-refractivity contribution is -0.139. The third-order valence-corrected chi connectivity index (χ3v) is 4.09. The Morgan fingerprint density at radius 1 is 1.42 bits per heavy atom. The number of aryl methyl sites for hydroxylation is 1. The second-order valence-corrected chi connectivity index (χ2v) is 6.75. The first kappa shape index (κ1) is 20.0. The number of carboxylic acids is 1. The van der Waals surface area contributed by atoms with Crippen molar-refractivity contribution in [2.24, 2.45) is 0 Å². The van der Waals surface area contributed by atoms with E-state index >= 15 is 0 Å². The fourth-order valence-electron chi connectivity index (χ4n) is 2.25. The van der Waals surface area contributed by atoms with Gasteiger partial charge in [-0.1, -0.05) is 0 Å². The van der Waals surface area contributed by atoms with E-state index in [1.54, 1.807) is 6.92 Å². The number of H-pyrrole nitrogens is 1. The van der Waals surface area contributed by atoms with Gasteiger partial charge in [-0.05, 0) is 6.92 Å². The van der Waals surface area contributed by atoms with Crippen molar-refractivity contribution in [1.29, 1.82) is 0 Å². The van der Waals surface area contributed by atoms with Crippen molar-refractivity contribution in [3.05, 3.63) is 41.2 Å². The quantitative estimate of drug-likeness (QED) is 0.326. The molecule has 0 saturated carbocycles. The summed E-state index contributed by atoms with van der Waals surface area (Å²) in [6, 6.07) is -0.973. The number of aromatic nitrogens is 3. The van der Waals surface area contributed by atoms with E-state index < -0.39 is 26.4 Å². The number of pyridine rings is 1. The van der Waals surface area contributed by atoms with Gasteiger partial charge in [0.05, 0.1) is 18.6 Å². The van der Waals surface area contributed by atoms with Crippen molar-refractivity contribution in [3.8, 4) is 5.75 Å². The molecule has 6 N–H and O–H groups in total. The largest absolute Gasteiger partial charge is 0.506 e. The Bertz CT molecular complexity index is 806. The number of imidazole rings is 1. The highest BCUT2D eigenvalue weighted by Gasteiger charge is 2.22. The molecule has 0 unspecified atom stereocenters. The van der Waals surface area contributed by atoms with Crippen LogP contribution in [0.15, 0.2) is 18.7 Å². The molecule has 2 heterocycles. The monoisotopic (exact) mass is 386 g/mol. The Labute approximate surface area is 148 Å². The molecule has 11 nitrogen and oxygen atoms in total. The normalized spacial score (nSPS) is 12.9. The third kappa shape index (κ3) is 5.61. The third-order valence-electron chi connectivity index (χ3n) is 3.62. The summed E-state index contributed by atoms with van der Waals surface area (Å²) in [6.45, 7) is 0.992. The van der Waals surface area contributed by atoms with Gasteiger partial charge < -0.3 is 25.0 Å². The Balaban J connectivity index is 2.16. The lowest BCUT2D eigenvalue weighted by Gasteiger charge is -2.17. The minimum absolute atomic E-state index is 0.0693. The number of aromatic amines is 1. The predicted octanol–water partition coefficient (Wildman–Crippen LogP) is 0.214. The first-order chi connectivity index (χ1) is 12.2. The molecule has 0 fully saturated rings. The number of nitrogens with zero attached hydrogens (tertiary/aromatic N) is 2. The zero-order chi connectivity index (χ0) is 19.3. The van der Waals surface area contributed by atoms with E-state index in [4.69, 9.17) is 9.79 Å². The van der Waals surface area contributed by atoms with Crippen LogP contribution in [0.3, 0.4) is 0 Å². The molecule has 2 rings (SSSR count). The second kappa shape index (κ2) is 8.39. The van der Waals surface area contributed by atoms with E-state index in [-0.39, 0.29) is 29.8 Å². The zero-order valence-corrected chi connectivity index (χ0v) is 14.7. The smallest absolute Gasteiger partial charge is 0.469 e. The number of phosphoric acid groups is 1. The molecule has 1 atom stereocenters. The summed E-state index contributed by atoms with van der Waals surface area (Å²) in [5.41, 5.74) is 1.39. The van der Waals surface area contributed by atoms with Crippen molar-refractivity contribution in [3.63, 3.8) is 0 Å². The number of hydrogen-bond donors (Lipinski definition) is 6. The summed E-state index contributed by atoms with van der Waals surface area (Å²) in [4.78, 5) is 39.7. The number of rotatable bonds is 9. The molecule has 0 radical (unpaired) electrons. The Hall–Kier alpha value is -2.30. The van der Waals surface area contributed by atoms with Gasteiger partial charge in [0.15, 0.2) is 0 Å². The maximum absolute atomic E-state index is 11.4. The van der Waals surface area contributed by atoms with Gasteiger partial charge in [0.1, 0.15) is 11.8 Å². The number of nitrogens with one attached hydrogen (secondary N) is 2. The van der Waals surface area contributed by atoms with Crippen LogP contribution in [0.5, 0.6) is 5.75 Å². The lowest BCUT2D eigenvalue weighted by atomic mass is 10.1. The number of hydrogen-bond acceptors (Lipinski definition) is 7. The Morgan fingerprint density at radius 2 is 2.15 bits per heavy atom. The minimum atomic E-state index is -4.71. The van der Waals surface area contributed by atoms with Crippen LogP contribution >= 0.6 is 7.82 Å². The summed E-state index contributed by atoms with van der Waals surface area (Å²) in [7, 11) is -4.71. The van der Waals surface area contributed by atoms with Crippen LogP contribution in [0.25, 0.3) is 0 Å². The predicted molar refractivity (Wildman–Crippen MR) is 88.0 cm³/mol. The highest BCUT2D eigenvalue weighted by atomic mass is 31.2. The molecule has 0 bridgehead atoms. The van der Waals surface area contributed by atoms with Crippen LogP contribution in [-0.2, 0) is 33.5 Å². The molecule has 2 aromatic heterocycles. The molecule has 0 aromatic carbocycles.